The highest BCUT2D eigenvalue weighted by Gasteiger charge is 2.33. The topological polar surface area (TPSA) is 118 Å². The van der Waals surface area contributed by atoms with Crippen molar-refractivity contribution in [2.24, 2.45) is 0 Å². The zero-order chi connectivity index (χ0) is 19.2. The lowest BCUT2D eigenvalue weighted by Crippen LogP contribution is -2.32. The van der Waals surface area contributed by atoms with E-state index in [2.05, 4.69) is 15.8 Å². The van der Waals surface area contributed by atoms with Crippen molar-refractivity contribution in [3.63, 3.8) is 0 Å². The number of nitrogens with one attached hydrogen (secondary N) is 2. The predicted octanol–water partition coefficient (Wildman–Crippen LogP) is 1.10. The average Bonchev–Trinajstić information content (AvgIpc) is 3.01. The number of carbonyl (C=O) groups is 4. The summed E-state index contributed by atoms with van der Waals surface area (Å²) in [5, 5.41) is 0.477. The zero-order valence-electron chi connectivity index (χ0n) is 14.2. The van der Waals surface area contributed by atoms with Crippen LogP contribution in [0.1, 0.15) is 33.6 Å². The van der Waals surface area contributed by atoms with E-state index in [4.69, 9.17) is 4.84 Å². The molecule has 1 aromatic heterocycles. The Labute approximate surface area is 154 Å². The fraction of sp³-hybridized carbons (Fsp3) is 0.167. The van der Waals surface area contributed by atoms with Crippen molar-refractivity contribution in [3.8, 4) is 0 Å². The second-order valence-electron chi connectivity index (χ2n) is 5.66. The molecule has 0 unspecified atom stereocenters. The first-order chi connectivity index (χ1) is 13.0. The molecule has 2 amide bonds. The van der Waals surface area contributed by atoms with E-state index in [1.165, 1.54) is 18.3 Å². The van der Waals surface area contributed by atoms with Crippen LogP contribution in [-0.4, -0.2) is 40.2 Å². The molecule has 1 fully saturated rings. The van der Waals surface area contributed by atoms with Gasteiger partial charge in [0.05, 0.1) is 12.1 Å². The molecule has 2 heterocycles. The van der Waals surface area contributed by atoms with Crippen molar-refractivity contribution in [3.05, 3.63) is 59.8 Å². The van der Waals surface area contributed by atoms with Gasteiger partial charge in [0.2, 0.25) is 0 Å². The Kier molecular flexibility index (Phi) is 5.53. The maximum absolute atomic E-state index is 12.0. The zero-order valence-corrected chi connectivity index (χ0v) is 14.2. The Morgan fingerprint density at radius 3 is 2.33 bits per heavy atom. The molecular formula is C18H16N4O5. The molecule has 27 heavy (non-hydrogen) atoms. The largest absolute Gasteiger partial charge is 0.365 e. The molecular weight excluding hydrogens is 352 g/mol. The van der Waals surface area contributed by atoms with Crippen LogP contribution in [0.5, 0.6) is 0 Å². The predicted molar refractivity (Wildman–Crippen MR) is 93.1 cm³/mol. The quantitative estimate of drug-likeness (QED) is 0.424. The highest BCUT2D eigenvalue weighted by atomic mass is 16.7. The lowest BCUT2D eigenvalue weighted by Gasteiger charge is -2.12. The minimum absolute atomic E-state index is 0.0284. The number of Topliss-reactive ketones (excluding diaryl/α,β-unsaturated/α-hetero) is 1. The number of aromatic nitrogens is 1. The number of hydroxylamine groups is 2. The van der Waals surface area contributed by atoms with E-state index >= 15 is 0 Å². The van der Waals surface area contributed by atoms with E-state index in [9.17, 15) is 19.2 Å². The molecule has 1 aromatic carbocycles. The Morgan fingerprint density at radius 1 is 1.00 bits per heavy atom. The molecule has 0 radical (unpaired) electrons. The molecule has 138 valence electrons. The lowest BCUT2D eigenvalue weighted by molar-refractivity contribution is -0.172. The Morgan fingerprint density at radius 2 is 1.70 bits per heavy atom. The first-order valence-electron chi connectivity index (χ1n) is 8.16. The van der Waals surface area contributed by atoms with Gasteiger partial charge in [-0.3, -0.25) is 14.4 Å². The van der Waals surface area contributed by atoms with Crippen LogP contribution in [0.15, 0.2) is 48.7 Å². The van der Waals surface area contributed by atoms with Gasteiger partial charge in [-0.1, -0.05) is 30.3 Å². The van der Waals surface area contributed by atoms with E-state index in [0.717, 1.165) is 0 Å². The number of imide groups is 1. The third kappa shape index (κ3) is 4.53. The van der Waals surface area contributed by atoms with Crippen LogP contribution in [0.3, 0.4) is 0 Å². The van der Waals surface area contributed by atoms with Crippen LogP contribution in [0, 0.1) is 0 Å². The molecule has 3 rings (SSSR count). The first-order valence-corrected chi connectivity index (χ1v) is 8.16. The van der Waals surface area contributed by atoms with Gasteiger partial charge in [-0.25, -0.2) is 15.2 Å². The second-order valence-corrected chi connectivity index (χ2v) is 5.66. The summed E-state index contributed by atoms with van der Waals surface area (Å²) in [6, 6.07) is 11.7. The first kappa shape index (κ1) is 18.2. The Balaban J connectivity index is 1.50. The minimum atomic E-state index is -0.857. The standard InChI is InChI=1S/C18H16N4O5/c23-14(12-4-2-1-3-5-12)11-20-21-15-7-6-13(10-19-15)18(26)27-22-16(24)8-9-17(22)25/h1-7,10,20H,8-9,11H2,(H,19,21). The number of anilines is 1. The molecule has 0 atom stereocenters. The van der Waals surface area contributed by atoms with Crippen molar-refractivity contribution < 1.29 is 24.0 Å². The van der Waals surface area contributed by atoms with Gasteiger partial charge >= 0.3 is 5.97 Å². The van der Waals surface area contributed by atoms with Crippen molar-refractivity contribution in [1.82, 2.24) is 15.5 Å². The summed E-state index contributed by atoms with van der Waals surface area (Å²) < 4.78 is 0. The summed E-state index contributed by atoms with van der Waals surface area (Å²) in [6.45, 7) is 0.0503. The van der Waals surface area contributed by atoms with Gasteiger partial charge in [-0.05, 0) is 12.1 Å². The van der Waals surface area contributed by atoms with Gasteiger partial charge in [0.25, 0.3) is 11.8 Å². The molecule has 1 aliphatic heterocycles. The van der Waals surface area contributed by atoms with Gasteiger partial charge in [-0.2, -0.15) is 0 Å². The maximum atomic E-state index is 12.0. The van der Waals surface area contributed by atoms with Gasteiger partial charge in [0.15, 0.2) is 5.78 Å². The number of ketones is 1. The Hall–Kier alpha value is -3.59. The van der Waals surface area contributed by atoms with E-state index in [1.54, 1.807) is 24.3 Å². The van der Waals surface area contributed by atoms with Crippen LogP contribution in [0.25, 0.3) is 0 Å². The highest BCUT2D eigenvalue weighted by molar-refractivity contribution is 6.02. The van der Waals surface area contributed by atoms with E-state index < -0.39 is 17.8 Å². The van der Waals surface area contributed by atoms with Crippen molar-refractivity contribution >= 4 is 29.4 Å². The minimum Gasteiger partial charge on any atom is -0.325 e. The number of rotatable bonds is 7. The number of hydrogen-bond acceptors (Lipinski definition) is 8. The van der Waals surface area contributed by atoms with Crippen molar-refractivity contribution in [1.29, 1.82) is 0 Å². The number of pyridine rings is 1. The van der Waals surface area contributed by atoms with Gasteiger partial charge in [0, 0.05) is 24.6 Å². The summed E-state index contributed by atoms with van der Waals surface area (Å²) in [4.78, 5) is 55.6. The summed E-state index contributed by atoms with van der Waals surface area (Å²) in [5.41, 5.74) is 6.15. The van der Waals surface area contributed by atoms with Gasteiger partial charge in [-0.15, -0.1) is 5.06 Å². The smallest absolute Gasteiger partial charge is 0.325 e. The van der Waals surface area contributed by atoms with Crippen LogP contribution in [-0.2, 0) is 14.4 Å². The Bertz CT molecular complexity index is 851. The fourth-order valence-corrected chi connectivity index (χ4v) is 2.32. The number of benzene rings is 1. The summed E-state index contributed by atoms with van der Waals surface area (Å²) in [7, 11) is 0. The average molecular weight is 368 g/mol. The highest BCUT2D eigenvalue weighted by Crippen LogP contribution is 2.14. The molecule has 9 heteroatoms. The van der Waals surface area contributed by atoms with Gasteiger partial charge in [0.1, 0.15) is 5.82 Å². The summed E-state index contributed by atoms with van der Waals surface area (Å²) in [5.74, 6) is -1.67. The maximum Gasteiger partial charge on any atom is 0.365 e. The van der Waals surface area contributed by atoms with Crippen LogP contribution in [0.4, 0.5) is 5.82 Å². The third-order valence-electron chi connectivity index (χ3n) is 3.74. The van der Waals surface area contributed by atoms with E-state index in [1.807, 2.05) is 6.07 Å². The SMILES string of the molecule is O=C(CNNc1ccc(C(=O)ON2C(=O)CCC2=O)cn1)c1ccccc1. The molecule has 2 N–H and O–H groups in total. The lowest BCUT2D eigenvalue weighted by atomic mass is 10.1. The number of hydrazine groups is 1. The van der Waals surface area contributed by atoms with Crippen molar-refractivity contribution in [2.45, 2.75) is 12.8 Å². The van der Waals surface area contributed by atoms with Gasteiger partial charge < -0.3 is 10.3 Å². The van der Waals surface area contributed by atoms with Crippen LogP contribution < -0.4 is 10.9 Å². The molecule has 2 aromatic rings. The molecule has 1 saturated heterocycles. The molecule has 0 saturated carbocycles. The normalized spacial score (nSPS) is 13.6. The van der Waals surface area contributed by atoms with E-state index in [-0.39, 0.29) is 30.7 Å². The summed E-state index contributed by atoms with van der Waals surface area (Å²) >= 11 is 0. The summed E-state index contributed by atoms with van der Waals surface area (Å²) in [6.07, 6.45) is 1.29. The monoisotopic (exact) mass is 368 g/mol. The van der Waals surface area contributed by atoms with E-state index in [0.29, 0.717) is 16.4 Å². The molecule has 0 aliphatic carbocycles. The van der Waals surface area contributed by atoms with Crippen molar-refractivity contribution in [2.75, 3.05) is 12.0 Å². The number of nitrogens with zero attached hydrogens (tertiary/aromatic N) is 2. The van der Waals surface area contributed by atoms with Crippen LogP contribution >= 0.6 is 0 Å². The fourth-order valence-electron chi connectivity index (χ4n) is 2.32. The van der Waals surface area contributed by atoms with Crippen LogP contribution in [0.2, 0.25) is 0 Å². The third-order valence-corrected chi connectivity index (χ3v) is 3.74. The second kappa shape index (κ2) is 8.19. The molecule has 9 nitrogen and oxygen atoms in total. The molecule has 1 aliphatic rings. The molecule has 0 bridgehead atoms. The molecule has 0 spiro atoms. The number of carbonyl (C=O) groups excluding carboxylic acids is 4. The number of amides is 2. The number of hydrogen-bond donors (Lipinski definition) is 2.